The van der Waals surface area contributed by atoms with Crippen LogP contribution < -0.4 is 15.8 Å². The van der Waals surface area contributed by atoms with Crippen LogP contribution in [0.2, 0.25) is 0 Å². The number of alkyl halides is 2. The van der Waals surface area contributed by atoms with Gasteiger partial charge in [-0.2, -0.15) is 0 Å². The van der Waals surface area contributed by atoms with E-state index < -0.39 is 30.0 Å². The minimum Gasteiger partial charge on any atom is -0.493 e. The summed E-state index contributed by atoms with van der Waals surface area (Å²) in [6.45, 7) is 2.31. The zero-order valence-corrected chi connectivity index (χ0v) is 29.2. The first kappa shape index (κ1) is 33.3. The van der Waals surface area contributed by atoms with Crippen molar-refractivity contribution in [2.24, 2.45) is 0 Å². The van der Waals surface area contributed by atoms with E-state index >= 15 is 8.78 Å². The third kappa shape index (κ3) is 5.39. The molecule has 1 unspecified atom stereocenters. The third-order valence-corrected chi connectivity index (χ3v) is 11.5. The quantitative estimate of drug-likeness (QED) is 0.152. The van der Waals surface area contributed by atoms with Crippen molar-refractivity contribution in [3.63, 3.8) is 0 Å². The molecule has 2 aliphatic heterocycles. The largest absolute Gasteiger partial charge is 0.493 e. The summed E-state index contributed by atoms with van der Waals surface area (Å²) in [5.41, 5.74) is 4.06. The molecule has 1 aliphatic carbocycles. The first-order chi connectivity index (χ1) is 25.5. The van der Waals surface area contributed by atoms with E-state index in [1.807, 2.05) is 12.1 Å². The number of nitrogens with zero attached hydrogens (tertiary/aromatic N) is 4. The van der Waals surface area contributed by atoms with Crippen LogP contribution in [-0.4, -0.2) is 50.5 Å². The first-order valence-corrected chi connectivity index (χ1v) is 17.9. The van der Waals surface area contributed by atoms with Crippen molar-refractivity contribution in [3.05, 3.63) is 110 Å². The van der Waals surface area contributed by atoms with Crippen molar-refractivity contribution < 1.29 is 31.5 Å². The second-order valence-electron chi connectivity index (χ2n) is 13.6. The summed E-state index contributed by atoms with van der Waals surface area (Å²) in [6, 6.07) is 10.5. The van der Waals surface area contributed by atoms with Crippen LogP contribution in [0, 0.1) is 18.6 Å². The maximum atomic E-state index is 15.7. The van der Waals surface area contributed by atoms with Crippen LogP contribution in [0.1, 0.15) is 69.1 Å². The topological polar surface area (TPSA) is 126 Å². The van der Waals surface area contributed by atoms with E-state index in [2.05, 4.69) is 20.5 Å². The standard InChI is InChI=1S/C38H30F4N6O4S/c1-17-14-19-15-26(53-32(19)34(43-17)45-33-21-10-11-23(40)31(51-2)22(21)16-38(33,41)42)28-27(35-46-47-37(50)52-35)24(12-7-18-5-8-20(39)9-6-18)44-30-25-4-3-13-48(25)36(49)29(28)30/h5-6,8-11,14-15,25,33H,3-4,7,12-13,16H2,1-2H3,(H,43,45)(H,47,50)/t25?,33-/m0/s1. The molecular formula is C38H30F4N6O4S. The maximum Gasteiger partial charge on any atom is 0.434 e. The Morgan fingerprint density at radius 1 is 1.06 bits per heavy atom. The number of nitrogens with one attached hydrogen (secondary N) is 2. The van der Waals surface area contributed by atoms with E-state index in [1.165, 1.54) is 36.6 Å². The van der Waals surface area contributed by atoms with Crippen LogP contribution in [0.4, 0.5) is 23.4 Å². The number of hydrogen-bond donors (Lipinski definition) is 2. The number of fused-ring (bicyclic) bond motifs is 5. The van der Waals surface area contributed by atoms with Gasteiger partial charge < -0.3 is 19.4 Å². The normalized spacial score (nSPS) is 18.5. The molecule has 1 fully saturated rings. The van der Waals surface area contributed by atoms with Crippen molar-refractivity contribution >= 4 is 33.1 Å². The average molecular weight is 743 g/mol. The van der Waals surface area contributed by atoms with Crippen LogP contribution in [0.3, 0.4) is 0 Å². The van der Waals surface area contributed by atoms with E-state index in [0.29, 0.717) is 68.1 Å². The number of ether oxygens (including phenoxy) is 1. The van der Waals surface area contributed by atoms with E-state index in [0.717, 1.165) is 24.5 Å². The third-order valence-electron chi connectivity index (χ3n) is 10.3. The summed E-state index contributed by atoms with van der Waals surface area (Å²) in [5, 5.41) is 10.2. The van der Waals surface area contributed by atoms with Gasteiger partial charge >= 0.3 is 5.76 Å². The van der Waals surface area contributed by atoms with Gasteiger partial charge in [-0.15, -0.1) is 16.4 Å². The van der Waals surface area contributed by atoms with E-state index in [9.17, 15) is 18.4 Å². The molecule has 15 heteroatoms. The molecular weight excluding hydrogens is 713 g/mol. The number of benzene rings is 2. The maximum absolute atomic E-state index is 15.7. The molecule has 2 atom stereocenters. The fourth-order valence-electron chi connectivity index (χ4n) is 8.03. The number of carbonyl (C=O) groups is 1. The van der Waals surface area contributed by atoms with Gasteiger partial charge in [-0.1, -0.05) is 18.2 Å². The number of aromatic nitrogens is 4. The summed E-state index contributed by atoms with van der Waals surface area (Å²) in [5.74, 6) is -5.44. The molecule has 6 heterocycles. The van der Waals surface area contributed by atoms with Crippen LogP contribution in [0.25, 0.3) is 32.0 Å². The molecule has 2 N–H and O–H groups in total. The van der Waals surface area contributed by atoms with Gasteiger partial charge in [-0.3, -0.25) is 9.78 Å². The number of rotatable bonds is 8. The Labute approximate surface area is 302 Å². The summed E-state index contributed by atoms with van der Waals surface area (Å²) in [7, 11) is 1.25. The molecule has 1 saturated heterocycles. The molecule has 9 rings (SSSR count). The highest BCUT2D eigenvalue weighted by atomic mass is 32.1. The minimum absolute atomic E-state index is 0.0530. The minimum atomic E-state index is -3.30. The lowest BCUT2D eigenvalue weighted by atomic mass is 9.93. The Morgan fingerprint density at radius 2 is 1.87 bits per heavy atom. The van der Waals surface area contributed by atoms with Gasteiger partial charge in [0.25, 0.3) is 17.7 Å². The molecule has 10 nitrogen and oxygen atoms in total. The van der Waals surface area contributed by atoms with Crippen LogP contribution in [0.15, 0.2) is 57.7 Å². The smallest absolute Gasteiger partial charge is 0.434 e. The number of amides is 1. The fraction of sp³-hybridized carbons (Fsp3) is 0.289. The number of thiophene rings is 1. The molecule has 1 amide bonds. The first-order valence-electron chi connectivity index (χ1n) is 17.1. The number of pyridine rings is 2. The average Bonchev–Trinajstić information content (AvgIpc) is 3.95. The highest BCUT2D eigenvalue weighted by molar-refractivity contribution is 7.23. The van der Waals surface area contributed by atoms with Gasteiger partial charge in [0.2, 0.25) is 0 Å². The van der Waals surface area contributed by atoms with E-state index in [4.69, 9.17) is 14.1 Å². The Balaban J connectivity index is 1.23. The van der Waals surface area contributed by atoms with Crippen molar-refractivity contribution in [1.82, 2.24) is 25.1 Å². The second kappa shape index (κ2) is 12.3. The van der Waals surface area contributed by atoms with Crippen LogP contribution in [-0.2, 0) is 19.3 Å². The summed E-state index contributed by atoms with van der Waals surface area (Å²) in [4.78, 5) is 38.7. The highest BCUT2D eigenvalue weighted by Gasteiger charge is 2.50. The Morgan fingerprint density at radius 3 is 2.62 bits per heavy atom. The van der Waals surface area contributed by atoms with E-state index in [1.54, 1.807) is 24.0 Å². The zero-order valence-electron chi connectivity index (χ0n) is 28.4. The molecule has 0 saturated carbocycles. The SMILES string of the molecule is COc1c(F)ccc2c1CC(F)(F)[C@H]2Nc1nc(C)cc2cc(-c3c4c(nc(CCc5ccc(F)cc5)c3-c3n[nH]c(=O)o3)C3CCCN3C4=O)sc12. The Kier molecular flexibility index (Phi) is 7.69. The molecule has 53 heavy (non-hydrogen) atoms. The number of hydrogen-bond acceptors (Lipinski definition) is 9. The number of methoxy groups -OCH3 is 1. The van der Waals surface area contributed by atoms with Crippen LogP contribution in [0.5, 0.6) is 5.75 Å². The van der Waals surface area contributed by atoms with Gasteiger partial charge in [-0.05, 0) is 79.5 Å². The van der Waals surface area contributed by atoms with Crippen molar-refractivity contribution in [2.75, 3.05) is 19.0 Å². The second-order valence-corrected chi connectivity index (χ2v) is 14.6. The lowest BCUT2D eigenvalue weighted by molar-refractivity contribution is -0.00736. The molecule has 3 aliphatic rings. The Hall–Kier alpha value is -5.57. The van der Waals surface area contributed by atoms with Gasteiger partial charge in [0.1, 0.15) is 17.7 Å². The fourth-order valence-corrected chi connectivity index (χ4v) is 9.18. The number of aromatic amines is 1. The van der Waals surface area contributed by atoms with E-state index in [-0.39, 0.29) is 46.4 Å². The molecule has 270 valence electrons. The number of carbonyl (C=O) groups excluding carboxylic acids is 1. The predicted molar refractivity (Wildman–Crippen MR) is 188 cm³/mol. The highest BCUT2D eigenvalue weighted by Crippen LogP contribution is 2.52. The summed E-state index contributed by atoms with van der Waals surface area (Å²) >= 11 is 1.24. The van der Waals surface area contributed by atoms with Gasteiger partial charge in [0.15, 0.2) is 11.6 Å². The molecule has 0 bridgehead atoms. The van der Waals surface area contributed by atoms with Gasteiger partial charge in [-0.25, -0.2) is 32.4 Å². The molecule has 0 radical (unpaired) electrons. The van der Waals surface area contributed by atoms with Gasteiger partial charge in [0.05, 0.1) is 40.4 Å². The summed E-state index contributed by atoms with van der Waals surface area (Å²) in [6.07, 6.45) is 1.65. The van der Waals surface area contributed by atoms with Crippen LogP contribution >= 0.6 is 11.3 Å². The number of halogens is 4. The Bertz CT molecular complexity index is 2530. The number of H-pyrrole nitrogens is 1. The van der Waals surface area contributed by atoms with Gasteiger partial charge in [0, 0.05) is 34.7 Å². The molecule has 0 spiro atoms. The molecule has 4 aromatic heterocycles. The van der Waals surface area contributed by atoms with Crippen molar-refractivity contribution in [3.8, 4) is 27.6 Å². The predicted octanol–water partition coefficient (Wildman–Crippen LogP) is 7.72. The lowest BCUT2D eigenvalue weighted by Crippen LogP contribution is -2.28. The molecule has 6 aromatic rings. The summed E-state index contributed by atoms with van der Waals surface area (Å²) < 4.78 is 71.0. The number of anilines is 1. The van der Waals surface area contributed by atoms with Crippen molar-refractivity contribution in [2.45, 2.75) is 57.0 Å². The van der Waals surface area contributed by atoms with Crippen molar-refractivity contribution in [1.29, 1.82) is 0 Å². The number of aryl methyl sites for hydroxylation is 3. The molecule has 2 aromatic carbocycles. The lowest BCUT2D eigenvalue weighted by Gasteiger charge is -2.22. The monoisotopic (exact) mass is 742 g/mol. The zero-order chi connectivity index (χ0) is 36.8.